The number of carbonyl (C=O) groups is 1. The number of carbonyl (C=O) groups excluding carboxylic acids is 1. The highest BCUT2D eigenvalue weighted by atomic mass is 16.5. The van der Waals surface area contributed by atoms with Gasteiger partial charge in [0.25, 0.3) is 0 Å². The van der Waals surface area contributed by atoms with Gasteiger partial charge >= 0.3 is 5.97 Å². The molecule has 5 rings (SSSR count). The number of hydrogen-bond acceptors (Lipinski definition) is 3. The van der Waals surface area contributed by atoms with Crippen LogP contribution in [0.3, 0.4) is 0 Å². The van der Waals surface area contributed by atoms with Crippen LogP contribution >= 0.6 is 0 Å². The van der Waals surface area contributed by atoms with E-state index in [1.165, 1.54) is 39.1 Å². The van der Waals surface area contributed by atoms with Crippen molar-refractivity contribution in [1.82, 2.24) is 0 Å². The van der Waals surface area contributed by atoms with Crippen LogP contribution in [-0.4, -0.2) is 12.1 Å². The molecule has 0 aliphatic heterocycles. The fourth-order valence-electron chi connectivity index (χ4n) is 5.60. The van der Waals surface area contributed by atoms with Gasteiger partial charge in [-0.15, -0.1) is 0 Å². The van der Waals surface area contributed by atoms with Crippen molar-refractivity contribution in [3.05, 3.63) is 90.0 Å². The van der Waals surface area contributed by atoms with E-state index in [9.17, 15) is 4.79 Å². The van der Waals surface area contributed by atoms with Gasteiger partial charge in [0.05, 0.1) is 0 Å². The quantitative estimate of drug-likeness (QED) is 0.136. The van der Waals surface area contributed by atoms with E-state index < -0.39 is 0 Å². The lowest BCUT2D eigenvalue weighted by atomic mass is 9.81. The van der Waals surface area contributed by atoms with Crippen molar-refractivity contribution in [1.29, 1.82) is 0 Å². The topological polar surface area (TPSA) is 35.5 Å². The molecule has 36 heavy (non-hydrogen) atoms. The van der Waals surface area contributed by atoms with E-state index in [4.69, 9.17) is 9.47 Å². The fourth-order valence-corrected chi connectivity index (χ4v) is 5.60. The first-order chi connectivity index (χ1) is 17.7. The fraction of sp³-hybridized carbons (Fsp3) is 0.364. The first-order valence-corrected chi connectivity index (χ1v) is 13.5. The van der Waals surface area contributed by atoms with Gasteiger partial charge < -0.3 is 9.47 Å². The van der Waals surface area contributed by atoms with Gasteiger partial charge in [0.15, 0.2) is 0 Å². The average Bonchev–Trinajstić information content (AvgIpc) is 2.92. The molecular weight excluding hydrogens is 444 g/mol. The number of rotatable bonds is 9. The van der Waals surface area contributed by atoms with Crippen LogP contribution in [0.5, 0.6) is 5.75 Å². The number of hydrogen-bond donors (Lipinski definition) is 0. The molecule has 0 saturated heterocycles. The summed E-state index contributed by atoms with van der Waals surface area (Å²) in [7, 11) is 0. The molecule has 2 atom stereocenters. The molecule has 4 aromatic carbocycles. The van der Waals surface area contributed by atoms with Gasteiger partial charge in [0.2, 0.25) is 0 Å². The van der Waals surface area contributed by atoms with Crippen LogP contribution in [0.4, 0.5) is 0 Å². The third-order valence-corrected chi connectivity index (χ3v) is 7.54. The summed E-state index contributed by atoms with van der Waals surface area (Å²) in [5.74, 6) is 1.09. The number of benzene rings is 4. The van der Waals surface area contributed by atoms with Gasteiger partial charge in [-0.3, -0.25) is 4.79 Å². The molecule has 3 heteroatoms. The molecular formula is C33H36O3. The van der Waals surface area contributed by atoms with Crippen molar-refractivity contribution in [3.8, 4) is 5.75 Å². The molecule has 1 aliphatic carbocycles. The minimum atomic E-state index is -0.0392. The summed E-state index contributed by atoms with van der Waals surface area (Å²) in [6.07, 6.45) is 7.97. The van der Waals surface area contributed by atoms with Crippen molar-refractivity contribution in [3.63, 3.8) is 0 Å². The Bertz CT molecular complexity index is 1250. The average molecular weight is 481 g/mol. The summed E-state index contributed by atoms with van der Waals surface area (Å²) < 4.78 is 12.3. The van der Waals surface area contributed by atoms with Crippen LogP contribution in [0.15, 0.2) is 78.9 Å². The van der Waals surface area contributed by atoms with Gasteiger partial charge in [0.1, 0.15) is 18.5 Å². The standard InChI is InChI=1S/C33H36O3/c1-2-3-4-17-33(34)36-32-16-10-9-15-30(32)24-18-20-27(21-19-24)35-23-31-28-13-7-5-11-25(28)22-26-12-6-8-14-29(26)31/h5-8,11-14,18-22,30,32H,2-4,9-10,15-17,23H2,1H3. The molecule has 0 bridgehead atoms. The van der Waals surface area contributed by atoms with Crippen LogP contribution in [0.25, 0.3) is 21.5 Å². The van der Waals surface area contributed by atoms with E-state index in [2.05, 4.69) is 85.8 Å². The zero-order chi connectivity index (χ0) is 24.7. The highest BCUT2D eigenvalue weighted by Crippen LogP contribution is 2.36. The Balaban J connectivity index is 1.29. The summed E-state index contributed by atoms with van der Waals surface area (Å²) in [5, 5.41) is 4.94. The molecule has 0 aromatic heterocycles. The maximum Gasteiger partial charge on any atom is 0.306 e. The van der Waals surface area contributed by atoms with Crippen LogP contribution in [0, 0.1) is 0 Å². The zero-order valence-corrected chi connectivity index (χ0v) is 21.2. The van der Waals surface area contributed by atoms with Gasteiger partial charge in [0, 0.05) is 17.9 Å². The predicted molar refractivity (Wildman–Crippen MR) is 147 cm³/mol. The SMILES string of the molecule is CCCCCC(=O)OC1CCCCC1c1ccc(OCc2c3ccccc3cc3ccccc23)cc1. The Kier molecular flexibility index (Phi) is 7.85. The number of esters is 1. The molecule has 1 saturated carbocycles. The van der Waals surface area contributed by atoms with E-state index in [1.54, 1.807) is 0 Å². The Morgan fingerprint density at radius 2 is 1.50 bits per heavy atom. The number of unbranched alkanes of at least 4 members (excludes halogenated alkanes) is 2. The Morgan fingerprint density at radius 1 is 0.833 bits per heavy atom. The normalized spacial score (nSPS) is 17.8. The third kappa shape index (κ3) is 5.56. The van der Waals surface area contributed by atoms with E-state index >= 15 is 0 Å². The van der Waals surface area contributed by atoms with Gasteiger partial charge in [-0.25, -0.2) is 0 Å². The van der Waals surface area contributed by atoms with Crippen molar-refractivity contribution in [2.75, 3.05) is 0 Å². The summed E-state index contributed by atoms with van der Waals surface area (Å²) in [5.41, 5.74) is 2.46. The number of fused-ring (bicyclic) bond motifs is 2. The molecule has 1 fully saturated rings. The van der Waals surface area contributed by atoms with Crippen LogP contribution in [-0.2, 0) is 16.1 Å². The Morgan fingerprint density at radius 3 is 2.19 bits per heavy atom. The highest BCUT2D eigenvalue weighted by Gasteiger charge is 2.29. The van der Waals surface area contributed by atoms with Gasteiger partial charge in [-0.2, -0.15) is 0 Å². The molecule has 0 radical (unpaired) electrons. The predicted octanol–water partition coefficient (Wildman–Crippen LogP) is 8.72. The monoisotopic (exact) mass is 480 g/mol. The molecule has 186 valence electrons. The maximum atomic E-state index is 12.4. The first-order valence-electron chi connectivity index (χ1n) is 13.5. The highest BCUT2D eigenvalue weighted by molar-refractivity contribution is 6.02. The van der Waals surface area contributed by atoms with Gasteiger partial charge in [-0.1, -0.05) is 86.8 Å². The Labute approximate surface area is 214 Å². The Hall–Kier alpha value is -3.33. The van der Waals surface area contributed by atoms with E-state index in [1.807, 2.05) is 0 Å². The third-order valence-electron chi connectivity index (χ3n) is 7.54. The lowest BCUT2D eigenvalue weighted by Crippen LogP contribution is -2.28. The second kappa shape index (κ2) is 11.6. The first kappa shape index (κ1) is 24.4. The van der Waals surface area contributed by atoms with Crippen molar-refractivity contribution in [2.24, 2.45) is 0 Å². The summed E-state index contributed by atoms with van der Waals surface area (Å²) in [4.78, 5) is 12.4. The minimum absolute atomic E-state index is 0.0123. The summed E-state index contributed by atoms with van der Waals surface area (Å²) in [6, 6.07) is 27.7. The van der Waals surface area contributed by atoms with Gasteiger partial charge in [-0.05, 0) is 71.0 Å². The van der Waals surface area contributed by atoms with Crippen molar-refractivity contribution >= 4 is 27.5 Å². The molecule has 3 nitrogen and oxygen atoms in total. The van der Waals surface area contributed by atoms with E-state index in [0.717, 1.165) is 44.3 Å². The smallest absolute Gasteiger partial charge is 0.306 e. The molecule has 0 spiro atoms. The largest absolute Gasteiger partial charge is 0.489 e. The van der Waals surface area contributed by atoms with E-state index in [0.29, 0.717) is 13.0 Å². The van der Waals surface area contributed by atoms with Crippen molar-refractivity contribution < 1.29 is 14.3 Å². The second-order valence-electron chi connectivity index (χ2n) is 10.0. The lowest BCUT2D eigenvalue weighted by molar-refractivity contribution is -0.151. The molecule has 0 amide bonds. The van der Waals surface area contributed by atoms with Crippen LogP contribution in [0.1, 0.15) is 75.3 Å². The molecule has 4 aromatic rings. The van der Waals surface area contributed by atoms with E-state index in [-0.39, 0.29) is 18.0 Å². The van der Waals surface area contributed by atoms with Crippen LogP contribution < -0.4 is 4.74 Å². The lowest BCUT2D eigenvalue weighted by Gasteiger charge is -2.31. The van der Waals surface area contributed by atoms with Crippen molar-refractivity contribution in [2.45, 2.75) is 76.9 Å². The number of ether oxygens (including phenoxy) is 2. The zero-order valence-electron chi connectivity index (χ0n) is 21.2. The summed E-state index contributed by atoms with van der Waals surface area (Å²) in [6.45, 7) is 2.67. The maximum absolute atomic E-state index is 12.4. The second-order valence-corrected chi connectivity index (χ2v) is 10.0. The molecule has 0 N–H and O–H groups in total. The minimum Gasteiger partial charge on any atom is -0.489 e. The molecule has 2 unspecified atom stereocenters. The summed E-state index contributed by atoms with van der Waals surface area (Å²) >= 11 is 0. The van der Waals surface area contributed by atoms with Crippen LogP contribution in [0.2, 0.25) is 0 Å². The molecule has 1 aliphatic rings. The molecule has 0 heterocycles.